The number of rotatable bonds is 1. The fourth-order valence-corrected chi connectivity index (χ4v) is 2.96. The van der Waals surface area contributed by atoms with E-state index in [1.165, 1.54) is 31.9 Å². The van der Waals surface area contributed by atoms with E-state index in [-0.39, 0.29) is 0 Å². The lowest BCUT2D eigenvalue weighted by atomic mass is 10.2. The van der Waals surface area contributed by atoms with Gasteiger partial charge in [0.05, 0.1) is 21.2 Å². The minimum Gasteiger partial charge on any atom is -0.201 e. The van der Waals surface area contributed by atoms with Gasteiger partial charge in [0.1, 0.15) is 0 Å². The molecule has 1 fully saturated rings. The Morgan fingerprint density at radius 2 is 1.60 bits per heavy atom. The number of piperidine rings is 1. The van der Waals surface area contributed by atoms with Crippen molar-refractivity contribution in [3.8, 4) is 0 Å². The highest BCUT2D eigenvalue weighted by Crippen LogP contribution is 2.16. The molecule has 0 saturated carbocycles. The first-order chi connectivity index (χ1) is 4.61. The van der Waals surface area contributed by atoms with Gasteiger partial charge in [-0.1, -0.05) is 6.42 Å². The van der Waals surface area contributed by atoms with Crippen molar-refractivity contribution in [2.24, 2.45) is 0 Å². The van der Waals surface area contributed by atoms with Crippen molar-refractivity contribution < 1.29 is 8.42 Å². The summed E-state index contributed by atoms with van der Waals surface area (Å²) in [5, 5.41) is 0. The van der Waals surface area contributed by atoms with Crippen molar-refractivity contribution in [3.63, 3.8) is 0 Å². The number of hydrogen-bond acceptors (Lipinski definition) is 2. The lowest BCUT2D eigenvalue weighted by molar-refractivity contribution is 0.355. The van der Waals surface area contributed by atoms with Gasteiger partial charge >= 0.3 is 0 Å². The van der Waals surface area contributed by atoms with Crippen molar-refractivity contribution in [2.75, 3.05) is 13.1 Å². The molecule has 1 rings (SSSR count). The first-order valence-electron chi connectivity index (χ1n) is 3.30. The molecule has 60 valence electrons. The van der Waals surface area contributed by atoms with Gasteiger partial charge in [-0.2, -0.15) is 4.31 Å². The smallest absolute Gasteiger partial charge is 0.201 e. The van der Waals surface area contributed by atoms with E-state index in [9.17, 15) is 8.42 Å². The lowest BCUT2D eigenvalue weighted by Gasteiger charge is -2.22. The van der Waals surface area contributed by atoms with Crippen LogP contribution in [0.5, 0.6) is 0 Å². The van der Waals surface area contributed by atoms with E-state index in [2.05, 4.69) is 0 Å². The zero-order chi connectivity index (χ0) is 7.61. The molecule has 0 aliphatic carbocycles. The minimum atomic E-state index is -2.92. The summed E-state index contributed by atoms with van der Waals surface area (Å²) in [5.74, 6) is 0. The molecule has 3 nitrogen and oxygen atoms in total. The third kappa shape index (κ3) is 2.35. The summed E-state index contributed by atoms with van der Waals surface area (Å²) < 4.78 is 23.3. The predicted octanol–water partition coefficient (Wildman–Crippen LogP) is 1.15. The zero-order valence-corrected chi connectivity index (χ0v) is 8.56. The van der Waals surface area contributed by atoms with Crippen LogP contribution >= 0.6 is 21.2 Å². The summed E-state index contributed by atoms with van der Waals surface area (Å²) in [6, 6.07) is 0. The van der Waals surface area contributed by atoms with E-state index in [0.29, 0.717) is 13.1 Å². The molecule has 0 bridgehead atoms. The molecular formula is C5H10INO2S. The van der Waals surface area contributed by atoms with Crippen LogP contribution < -0.4 is 0 Å². The summed E-state index contributed by atoms with van der Waals surface area (Å²) in [6.07, 6.45) is 3.20. The molecule has 1 heterocycles. The zero-order valence-electron chi connectivity index (χ0n) is 5.59. The molecule has 0 atom stereocenters. The maximum absolute atomic E-state index is 10.9. The van der Waals surface area contributed by atoms with Gasteiger partial charge < -0.3 is 0 Å². The second-order valence-corrected chi connectivity index (χ2v) is 7.08. The molecule has 0 N–H and O–H groups in total. The van der Waals surface area contributed by atoms with Crippen molar-refractivity contribution in [3.05, 3.63) is 0 Å². The van der Waals surface area contributed by atoms with Gasteiger partial charge in [-0.05, 0) is 12.8 Å². The van der Waals surface area contributed by atoms with Crippen LogP contribution in [0.3, 0.4) is 0 Å². The van der Waals surface area contributed by atoms with Gasteiger partial charge in [0, 0.05) is 13.1 Å². The fraction of sp³-hybridized carbons (Fsp3) is 1.00. The number of nitrogens with zero attached hydrogens (tertiary/aromatic N) is 1. The number of hydrogen-bond donors (Lipinski definition) is 0. The van der Waals surface area contributed by atoms with Gasteiger partial charge in [0.15, 0.2) is 0 Å². The average Bonchev–Trinajstić information content (AvgIpc) is 1.88. The van der Waals surface area contributed by atoms with Crippen molar-refractivity contribution in [2.45, 2.75) is 19.3 Å². The monoisotopic (exact) mass is 275 g/mol. The van der Waals surface area contributed by atoms with Crippen LogP contribution in [0, 0.1) is 0 Å². The van der Waals surface area contributed by atoms with E-state index in [1.807, 2.05) is 0 Å². The molecular weight excluding hydrogens is 265 g/mol. The van der Waals surface area contributed by atoms with Crippen LogP contribution in [-0.4, -0.2) is 25.8 Å². The lowest BCUT2D eigenvalue weighted by Crippen LogP contribution is -2.31. The van der Waals surface area contributed by atoms with E-state index in [4.69, 9.17) is 0 Å². The van der Waals surface area contributed by atoms with Gasteiger partial charge in [-0.3, -0.25) is 0 Å². The molecule has 0 aromatic carbocycles. The summed E-state index contributed by atoms with van der Waals surface area (Å²) in [5.41, 5.74) is 0. The van der Waals surface area contributed by atoms with Crippen LogP contribution in [0.2, 0.25) is 0 Å². The van der Waals surface area contributed by atoms with Gasteiger partial charge in [-0.25, -0.2) is 8.42 Å². The normalized spacial score (nSPS) is 22.9. The van der Waals surface area contributed by atoms with Gasteiger partial charge in [0.25, 0.3) is 7.19 Å². The summed E-state index contributed by atoms with van der Waals surface area (Å²) in [6.45, 7) is 1.43. The molecule has 1 aliphatic heterocycles. The molecule has 10 heavy (non-hydrogen) atoms. The Morgan fingerprint density at radius 1 is 1.10 bits per heavy atom. The largest absolute Gasteiger partial charge is 0.267 e. The van der Waals surface area contributed by atoms with E-state index in [1.54, 1.807) is 0 Å². The molecule has 0 unspecified atom stereocenters. The maximum atomic E-state index is 10.9. The maximum Gasteiger partial charge on any atom is 0.267 e. The first kappa shape index (κ1) is 8.73. The Labute approximate surface area is 73.4 Å². The quantitative estimate of drug-likeness (QED) is 0.532. The second kappa shape index (κ2) is 3.36. The third-order valence-corrected chi connectivity index (χ3v) is 4.28. The van der Waals surface area contributed by atoms with E-state index in [0.717, 1.165) is 12.8 Å². The molecule has 0 spiro atoms. The molecule has 0 aromatic heterocycles. The first-order valence-corrected chi connectivity index (χ1v) is 7.29. The van der Waals surface area contributed by atoms with Crippen LogP contribution in [0.15, 0.2) is 0 Å². The molecule has 0 radical (unpaired) electrons. The van der Waals surface area contributed by atoms with Gasteiger partial charge in [0.2, 0.25) is 0 Å². The fourth-order valence-electron chi connectivity index (χ4n) is 1.08. The average molecular weight is 275 g/mol. The number of halogens is 1. The Balaban J connectivity index is 2.56. The van der Waals surface area contributed by atoms with E-state index < -0.39 is 7.19 Å². The SMILES string of the molecule is O=S(=O)(I)N1CCCCC1. The van der Waals surface area contributed by atoms with Crippen molar-refractivity contribution in [1.29, 1.82) is 0 Å². The Bertz CT molecular complexity index is 196. The Hall–Kier alpha value is 0.640. The standard InChI is InChI=1S/C5H10INO2S/c6-10(8,9)7-4-2-1-3-5-7/h1-5H2. The van der Waals surface area contributed by atoms with E-state index >= 15 is 0 Å². The van der Waals surface area contributed by atoms with Crippen LogP contribution in [0.1, 0.15) is 19.3 Å². The predicted molar refractivity (Wildman–Crippen MR) is 48.4 cm³/mol. The third-order valence-electron chi connectivity index (χ3n) is 1.62. The van der Waals surface area contributed by atoms with Crippen molar-refractivity contribution >= 4 is 28.4 Å². The topological polar surface area (TPSA) is 37.4 Å². The van der Waals surface area contributed by atoms with Crippen LogP contribution in [0.25, 0.3) is 0 Å². The Kier molecular flexibility index (Phi) is 2.93. The molecule has 1 saturated heterocycles. The van der Waals surface area contributed by atoms with Gasteiger partial charge in [-0.15, -0.1) is 0 Å². The Morgan fingerprint density at radius 3 is 1.90 bits per heavy atom. The highest BCUT2D eigenvalue weighted by Gasteiger charge is 2.19. The molecule has 5 heteroatoms. The minimum absolute atomic E-state index is 0.714. The van der Waals surface area contributed by atoms with Crippen molar-refractivity contribution in [1.82, 2.24) is 4.31 Å². The highest BCUT2D eigenvalue weighted by molar-refractivity contribution is 14.2. The van der Waals surface area contributed by atoms with Crippen LogP contribution in [-0.2, 0) is 7.19 Å². The molecule has 1 aliphatic rings. The summed E-state index contributed by atoms with van der Waals surface area (Å²) in [7, 11) is -2.92. The highest BCUT2D eigenvalue weighted by atomic mass is 127. The summed E-state index contributed by atoms with van der Waals surface area (Å²) in [4.78, 5) is 0. The molecule has 0 aromatic rings. The second-order valence-electron chi connectivity index (χ2n) is 2.40. The van der Waals surface area contributed by atoms with Crippen LogP contribution in [0.4, 0.5) is 0 Å². The summed E-state index contributed by atoms with van der Waals surface area (Å²) >= 11 is 1.49. The molecule has 0 amide bonds.